The van der Waals surface area contributed by atoms with Gasteiger partial charge in [-0.25, -0.2) is 13.4 Å². The molecule has 0 aromatic heterocycles. The van der Waals surface area contributed by atoms with Gasteiger partial charge in [0.05, 0.1) is 11.4 Å². The highest BCUT2D eigenvalue weighted by Crippen LogP contribution is 2.51. The van der Waals surface area contributed by atoms with E-state index in [-0.39, 0.29) is 62.5 Å². The van der Waals surface area contributed by atoms with Gasteiger partial charge in [0, 0.05) is 76.6 Å². The summed E-state index contributed by atoms with van der Waals surface area (Å²) in [6.07, 6.45) is 3.73. The Morgan fingerprint density at radius 2 is 1.62 bits per heavy atom. The van der Waals surface area contributed by atoms with Crippen LogP contribution in [0.15, 0.2) is 45.2 Å². The average molecular weight is 944 g/mol. The summed E-state index contributed by atoms with van der Waals surface area (Å²) in [5.41, 5.74) is 7.66. The monoisotopic (exact) mass is 943 g/mol. The van der Waals surface area contributed by atoms with Crippen molar-refractivity contribution in [1.29, 1.82) is 0 Å². The topological polar surface area (TPSA) is 299 Å². The number of rotatable bonds is 15. The lowest BCUT2D eigenvalue weighted by Crippen LogP contribution is -2.91. The van der Waals surface area contributed by atoms with Crippen molar-refractivity contribution in [3.8, 4) is 11.5 Å². The van der Waals surface area contributed by atoms with E-state index < -0.39 is 86.8 Å². The zero-order valence-electron chi connectivity index (χ0n) is 36.6. The average Bonchev–Trinajstić information content (AvgIpc) is 3.16. The Bertz CT molecular complexity index is 2970. The molecule has 2 atom stereocenters. The van der Waals surface area contributed by atoms with Crippen molar-refractivity contribution in [2.45, 2.75) is 113 Å². The molecule has 64 heavy (non-hydrogen) atoms. The Hall–Kier alpha value is -5.09. The maximum Gasteiger partial charge on any atom is 0.304 e. The van der Waals surface area contributed by atoms with E-state index in [1.165, 1.54) is 25.2 Å². The van der Waals surface area contributed by atoms with Crippen molar-refractivity contribution in [3.05, 3.63) is 84.7 Å². The van der Waals surface area contributed by atoms with Crippen LogP contribution >= 0.6 is 0 Å². The van der Waals surface area contributed by atoms with E-state index in [4.69, 9.17) is 10.3 Å². The van der Waals surface area contributed by atoms with Crippen molar-refractivity contribution < 1.29 is 58.2 Å². The summed E-state index contributed by atoms with van der Waals surface area (Å²) >= 11 is 0. The van der Waals surface area contributed by atoms with Gasteiger partial charge in [-0.3, -0.25) is 18.7 Å². The summed E-state index contributed by atoms with van der Waals surface area (Å²) < 4.78 is 119. The predicted molar refractivity (Wildman–Crippen MR) is 234 cm³/mol. The number of nitrogens with zero attached hydrogens (tertiary/aromatic N) is 4. The molecular weight excluding hydrogens is 891 g/mol. The van der Waals surface area contributed by atoms with Gasteiger partial charge in [0.1, 0.15) is 15.0 Å². The van der Waals surface area contributed by atoms with E-state index >= 15 is 0 Å². The predicted octanol–water partition coefficient (Wildman–Crippen LogP) is 3.43. The molecule has 0 bridgehead atoms. The summed E-state index contributed by atoms with van der Waals surface area (Å²) in [4.78, 5) is 33.7. The first-order valence-electron chi connectivity index (χ1n) is 20.8. The number of unbranched alkanes of at least 4 members (excludes halogenated alkanes) is 3. The van der Waals surface area contributed by atoms with Crippen LogP contribution in [-0.2, 0) is 30.4 Å². The van der Waals surface area contributed by atoms with Gasteiger partial charge in [-0.05, 0) is 99.7 Å². The van der Waals surface area contributed by atoms with Crippen LogP contribution in [0.1, 0.15) is 135 Å². The molecule has 0 radical (unpaired) electrons. The molecular formula is C42H53N7O12S3. The smallest absolute Gasteiger partial charge is 0.304 e. The molecule has 19 nitrogen and oxygen atoms in total. The first-order valence-corrected chi connectivity index (χ1v) is 25.2. The van der Waals surface area contributed by atoms with Gasteiger partial charge in [0.2, 0.25) is 10.3 Å². The second-order valence-corrected chi connectivity index (χ2v) is 22.4. The minimum absolute atomic E-state index is 0.00387. The molecule has 0 fully saturated rings. The highest BCUT2D eigenvalue weighted by Gasteiger charge is 2.42. The molecule has 0 saturated carbocycles. The largest absolute Gasteiger partial charge is 0.744 e. The fourth-order valence-electron chi connectivity index (χ4n) is 9.13. The maximum atomic E-state index is 14.6. The van der Waals surface area contributed by atoms with Gasteiger partial charge in [-0.15, -0.1) is 0 Å². The number of ether oxygens (including phenoxy) is 1. The number of hydrogen-bond acceptors (Lipinski definition) is 12. The molecule has 0 aliphatic carbocycles. The molecule has 3 aliphatic rings. The van der Waals surface area contributed by atoms with Gasteiger partial charge in [-0.2, -0.15) is 16.8 Å². The molecule has 3 aromatic rings. The Morgan fingerprint density at radius 1 is 0.953 bits per heavy atom. The van der Waals surface area contributed by atoms with Crippen LogP contribution in [0.25, 0.3) is 16.0 Å². The fourth-order valence-corrected chi connectivity index (χ4v) is 11.2. The summed E-state index contributed by atoms with van der Waals surface area (Å²) in [5, 5.41) is 9.50. The number of fused-ring (bicyclic) bond motifs is 4. The van der Waals surface area contributed by atoms with E-state index in [0.717, 1.165) is 17.7 Å². The normalized spacial score (nSPS) is 18.4. The number of amides is 2. The molecule has 2 unspecified atom stereocenters. The van der Waals surface area contributed by atoms with Crippen LogP contribution in [0.4, 0.5) is 5.69 Å². The third kappa shape index (κ3) is 10.2. The van der Waals surface area contributed by atoms with Gasteiger partial charge in [0.25, 0.3) is 21.9 Å². The van der Waals surface area contributed by atoms with E-state index in [1.54, 1.807) is 12.1 Å². The number of carbonyl (C=O) groups excluding carboxylic acids is 2. The number of hydrogen-bond donors (Lipinski definition) is 5. The summed E-state index contributed by atoms with van der Waals surface area (Å²) in [5.74, 6) is -4.05. The Balaban J connectivity index is 1.70. The van der Waals surface area contributed by atoms with Crippen LogP contribution in [0.3, 0.4) is 0 Å². The van der Waals surface area contributed by atoms with E-state index in [1.807, 2.05) is 41.5 Å². The molecule has 0 spiro atoms. The summed E-state index contributed by atoms with van der Waals surface area (Å²) in [6, 6.07) is 7.33. The molecule has 5 N–H and O–H groups in total. The first-order chi connectivity index (χ1) is 29.6. The summed E-state index contributed by atoms with van der Waals surface area (Å²) in [6.45, 7) is 11.1. The van der Waals surface area contributed by atoms with Crippen LogP contribution in [0.5, 0.6) is 11.5 Å². The lowest BCUT2D eigenvalue weighted by molar-refractivity contribution is -0.590. The standard InChI is InChI=1S/C42H53N7O12S3/c1-23-21-41(3,4)46-33-27(23)19-30-32(31-20-28-24(2)22-42(5,6)47-34(28)38(64(58,59)60)36(31)61-35(30)37(33)63(55,56)57)26-13-12-25(39(50)44-14-10-8-9-11-15-45-48-43)18-29(26)40(51)49(7)16-17-62(52,53)54/h12-13,18-20,23-24,46H,8-11,14-17,21-22H2,1-7H3,(H,44,50)(H,52,53,54)(H,55,56,57)(H,58,59,60). The molecule has 22 heteroatoms. The number of nitrogens with one attached hydrogen (secondary N) is 3. The van der Waals surface area contributed by atoms with Crippen molar-refractivity contribution in [3.63, 3.8) is 0 Å². The van der Waals surface area contributed by atoms with E-state index in [2.05, 4.69) is 25.7 Å². The van der Waals surface area contributed by atoms with Crippen molar-refractivity contribution >= 4 is 53.4 Å². The lowest BCUT2D eigenvalue weighted by Gasteiger charge is -2.40. The second-order valence-electron chi connectivity index (χ2n) is 18.1. The van der Waals surface area contributed by atoms with Gasteiger partial charge >= 0.3 is 10.1 Å². The molecule has 0 saturated heterocycles. The van der Waals surface area contributed by atoms with Crippen molar-refractivity contribution in [2.75, 3.05) is 37.8 Å². The first kappa shape index (κ1) is 48.4. The maximum absolute atomic E-state index is 14.6. The number of carbonyl (C=O) groups is 2. The minimum Gasteiger partial charge on any atom is -0.744 e. The van der Waals surface area contributed by atoms with Crippen LogP contribution in [0.2, 0.25) is 0 Å². The Morgan fingerprint density at radius 3 is 2.27 bits per heavy atom. The van der Waals surface area contributed by atoms with Crippen molar-refractivity contribution in [1.82, 2.24) is 10.2 Å². The quantitative estimate of drug-likeness (QED) is 0.0376. The Kier molecular flexibility index (Phi) is 13.4. The number of benzene rings is 3. The van der Waals surface area contributed by atoms with Crippen molar-refractivity contribution in [2.24, 2.45) is 5.11 Å². The number of anilines is 1. The molecule has 6 rings (SSSR count). The van der Waals surface area contributed by atoms with Gasteiger partial charge in [0.15, 0.2) is 17.0 Å². The molecule has 2 amide bonds. The number of azide groups is 1. The highest BCUT2D eigenvalue weighted by atomic mass is 32.2. The van der Waals surface area contributed by atoms with E-state index in [9.17, 15) is 48.5 Å². The molecule has 3 aliphatic heterocycles. The van der Waals surface area contributed by atoms with E-state index in [0.29, 0.717) is 43.4 Å². The SMILES string of the molecule is CC1CC(C)(C)Nc2c1cc1c(c2S(=O)(=O)[O-])Oc2c(S(=O)(=O)O)c3c(cc2=C1c1ccc(C(=O)NCCCCCCN=[N+]=[N-])cc1C(=O)N(C)CCS(=O)(=O)O)C(C)CC(C)(C)[NH+]=3. The zero-order valence-corrected chi connectivity index (χ0v) is 39.1. The third-order valence-electron chi connectivity index (χ3n) is 11.8. The second kappa shape index (κ2) is 17.7. The zero-order chi connectivity index (χ0) is 47.3. The van der Waals surface area contributed by atoms with Gasteiger partial charge in [-0.1, -0.05) is 37.9 Å². The lowest BCUT2D eigenvalue weighted by atomic mass is 9.79. The summed E-state index contributed by atoms with van der Waals surface area (Å²) in [7, 11) is -14.0. The molecule has 3 heterocycles. The third-order valence-corrected chi connectivity index (χ3v) is 14.2. The van der Waals surface area contributed by atoms with Crippen LogP contribution in [-0.4, -0.2) is 99.1 Å². The van der Waals surface area contributed by atoms with Gasteiger partial charge < -0.3 is 24.8 Å². The molecule has 3 aromatic carbocycles. The minimum atomic E-state index is -5.46. The fraction of sp³-hybridized carbons (Fsp3) is 0.500. The highest BCUT2D eigenvalue weighted by molar-refractivity contribution is 7.86. The van der Waals surface area contributed by atoms with Crippen LogP contribution in [0, 0.1) is 0 Å². The van der Waals surface area contributed by atoms with Crippen LogP contribution < -0.4 is 30.9 Å². The molecule has 346 valence electrons. The Labute approximate surface area is 372 Å².